The van der Waals surface area contributed by atoms with E-state index in [4.69, 9.17) is 4.98 Å². The SMILES string of the molecule is N#C/C(=C/c1ccc(Br)cc1)c1nc(-c2ccc3ccccc3c2)cs1. The first-order chi connectivity index (χ1) is 12.7. The van der Waals surface area contributed by atoms with Crippen molar-refractivity contribution in [2.75, 3.05) is 0 Å². The zero-order valence-electron chi connectivity index (χ0n) is 13.7. The van der Waals surface area contributed by atoms with Crippen LogP contribution in [-0.2, 0) is 0 Å². The van der Waals surface area contributed by atoms with Gasteiger partial charge < -0.3 is 0 Å². The standard InChI is InChI=1S/C22H13BrN2S/c23-20-9-5-15(6-10-20)11-19(13-24)22-25-21(14-26-22)18-8-7-16-3-1-2-4-17(16)12-18/h1-12,14H/b19-11-. The highest BCUT2D eigenvalue weighted by Gasteiger charge is 2.09. The van der Waals surface area contributed by atoms with Crippen LogP contribution in [0, 0.1) is 11.3 Å². The maximum atomic E-state index is 9.56. The van der Waals surface area contributed by atoms with Gasteiger partial charge in [0.2, 0.25) is 0 Å². The molecule has 0 fully saturated rings. The van der Waals surface area contributed by atoms with E-state index in [0.717, 1.165) is 26.3 Å². The fourth-order valence-electron chi connectivity index (χ4n) is 2.75. The zero-order chi connectivity index (χ0) is 17.9. The smallest absolute Gasteiger partial charge is 0.134 e. The zero-order valence-corrected chi connectivity index (χ0v) is 16.1. The van der Waals surface area contributed by atoms with E-state index in [-0.39, 0.29) is 0 Å². The molecule has 3 aromatic carbocycles. The Hall–Kier alpha value is -2.74. The van der Waals surface area contributed by atoms with Gasteiger partial charge in [-0.25, -0.2) is 4.98 Å². The number of thiazole rings is 1. The molecule has 0 spiro atoms. The number of nitrogens with zero attached hydrogens (tertiary/aromatic N) is 2. The highest BCUT2D eigenvalue weighted by Crippen LogP contribution is 2.29. The third-order valence-electron chi connectivity index (χ3n) is 4.08. The van der Waals surface area contributed by atoms with Crippen molar-refractivity contribution in [2.24, 2.45) is 0 Å². The molecule has 124 valence electrons. The molecule has 4 aromatic rings. The Balaban J connectivity index is 1.69. The topological polar surface area (TPSA) is 36.7 Å². The van der Waals surface area contributed by atoms with Gasteiger partial charge in [0.15, 0.2) is 0 Å². The summed E-state index contributed by atoms with van der Waals surface area (Å²) in [6.45, 7) is 0. The molecular formula is C22H13BrN2S. The molecule has 0 bridgehead atoms. The maximum Gasteiger partial charge on any atom is 0.134 e. The molecule has 4 rings (SSSR count). The number of nitriles is 1. The fraction of sp³-hybridized carbons (Fsp3) is 0. The third kappa shape index (κ3) is 3.45. The van der Waals surface area contributed by atoms with Crippen molar-refractivity contribution < 1.29 is 0 Å². The molecule has 0 aliphatic rings. The molecule has 2 nitrogen and oxygen atoms in total. The van der Waals surface area contributed by atoms with Crippen LogP contribution in [0.2, 0.25) is 0 Å². The van der Waals surface area contributed by atoms with Crippen LogP contribution in [0.1, 0.15) is 10.6 Å². The average Bonchev–Trinajstić information content (AvgIpc) is 3.17. The van der Waals surface area contributed by atoms with Crippen LogP contribution in [0.15, 0.2) is 76.6 Å². The van der Waals surface area contributed by atoms with Crippen molar-refractivity contribution in [2.45, 2.75) is 0 Å². The second-order valence-electron chi connectivity index (χ2n) is 5.82. The molecule has 1 heterocycles. The molecule has 1 aromatic heterocycles. The summed E-state index contributed by atoms with van der Waals surface area (Å²) >= 11 is 4.92. The maximum absolute atomic E-state index is 9.56. The van der Waals surface area contributed by atoms with E-state index in [0.29, 0.717) is 5.57 Å². The van der Waals surface area contributed by atoms with Crippen LogP contribution in [0.3, 0.4) is 0 Å². The van der Waals surface area contributed by atoms with Crippen molar-refractivity contribution in [3.05, 3.63) is 87.2 Å². The summed E-state index contributed by atoms with van der Waals surface area (Å²) in [5.41, 5.74) is 3.51. The van der Waals surface area contributed by atoms with Crippen molar-refractivity contribution in [3.8, 4) is 17.3 Å². The van der Waals surface area contributed by atoms with Gasteiger partial charge in [-0.2, -0.15) is 5.26 Å². The lowest BCUT2D eigenvalue weighted by molar-refractivity contribution is 1.37. The third-order valence-corrected chi connectivity index (χ3v) is 5.49. The highest BCUT2D eigenvalue weighted by molar-refractivity contribution is 9.10. The van der Waals surface area contributed by atoms with Crippen molar-refractivity contribution in [1.82, 2.24) is 4.98 Å². The van der Waals surface area contributed by atoms with E-state index in [1.165, 1.54) is 22.1 Å². The number of allylic oxidation sites excluding steroid dienone is 1. The van der Waals surface area contributed by atoms with Crippen LogP contribution in [0.4, 0.5) is 0 Å². The number of fused-ring (bicyclic) bond motifs is 1. The first-order valence-corrected chi connectivity index (χ1v) is 9.73. The van der Waals surface area contributed by atoms with E-state index in [1.807, 2.05) is 47.9 Å². The van der Waals surface area contributed by atoms with Gasteiger partial charge in [-0.3, -0.25) is 0 Å². The molecule has 0 unspecified atom stereocenters. The Labute approximate surface area is 164 Å². The number of hydrogen-bond donors (Lipinski definition) is 0. The lowest BCUT2D eigenvalue weighted by Gasteiger charge is -2.01. The predicted molar refractivity (Wildman–Crippen MR) is 113 cm³/mol. The molecule has 0 atom stereocenters. The Morgan fingerprint density at radius 2 is 1.77 bits per heavy atom. The molecule has 0 radical (unpaired) electrons. The Morgan fingerprint density at radius 1 is 1.00 bits per heavy atom. The quantitative estimate of drug-likeness (QED) is 0.344. The highest BCUT2D eigenvalue weighted by atomic mass is 79.9. The largest absolute Gasteiger partial charge is 0.235 e. The second kappa shape index (κ2) is 7.25. The number of rotatable bonds is 3. The van der Waals surface area contributed by atoms with Crippen molar-refractivity contribution in [3.63, 3.8) is 0 Å². The summed E-state index contributed by atoms with van der Waals surface area (Å²) in [5, 5.41) is 14.7. The van der Waals surface area contributed by atoms with Crippen LogP contribution >= 0.6 is 27.3 Å². The average molecular weight is 417 g/mol. The minimum Gasteiger partial charge on any atom is -0.235 e. The van der Waals surface area contributed by atoms with Gasteiger partial charge in [0.05, 0.1) is 11.3 Å². The summed E-state index contributed by atoms with van der Waals surface area (Å²) < 4.78 is 1.01. The van der Waals surface area contributed by atoms with Crippen LogP contribution in [0.25, 0.3) is 33.7 Å². The van der Waals surface area contributed by atoms with Gasteiger partial charge >= 0.3 is 0 Å². The minimum absolute atomic E-state index is 0.573. The van der Waals surface area contributed by atoms with Gasteiger partial charge in [-0.1, -0.05) is 64.5 Å². The van der Waals surface area contributed by atoms with Crippen LogP contribution in [-0.4, -0.2) is 4.98 Å². The number of aromatic nitrogens is 1. The second-order valence-corrected chi connectivity index (χ2v) is 7.59. The van der Waals surface area contributed by atoms with E-state index in [9.17, 15) is 5.26 Å². The first-order valence-electron chi connectivity index (χ1n) is 8.05. The lowest BCUT2D eigenvalue weighted by Crippen LogP contribution is -1.83. The molecule has 0 N–H and O–H groups in total. The Morgan fingerprint density at radius 3 is 2.54 bits per heavy atom. The summed E-state index contributed by atoms with van der Waals surface area (Å²) in [4.78, 5) is 4.69. The molecule has 4 heteroatoms. The minimum atomic E-state index is 0.573. The van der Waals surface area contributed by atoms with Gasteiger partial charge in [0.25, 0.3) is 0 Å². The summed E-state index contributed by atoms with van der Waals surface area (Å²) in [5.74, 6) is 0. The monoisotopic (exact) mass is 416 g/mol. The lowest BCUT2D eigenvalue weighted by atomic mass is 10.1. The fourth-order valence-corrected chi connectivity index (χ4v) is 3.81. The van der Waals surface area contributed by atoms with Gasteiger partial charge in [0.1, 0.15) is 11.1 Å². The van der Waals surface area contributed by atoms with E-state index in [2.05, 4.69) is 52.3 Å². The molecule has 0 saturated heterocycles. The normalized spacial score (nSPS) is 11.5. The first kappa shape index (κ1) is 16.7. The number of hydrogen-bond acceptors (Lipinski definition) is 3. The Kier molecular flexibility index (Phi) is 4.66. The van der Waals surface area contributed by atoms with Crippen LogP contribution < -0.4 is 0 Å². The summed E-state index contributed by atoms with van der Waals surface area (Å²) in [7, 11) is 0. The van der Waals surface area contributed by atoms with Gasteiger partial charge in [-0.05, 0) is 40.6 Å². The van der Waals surface area contributed by atoms with Crippen LogP contribution in [0.5, 0.6) is 0 Å². The molecular weight excluding hydrogens is 404 g/mol. The number of halogens is 1. The Bertz CT molecular complexity index is 1150. The molecule has 0 aliphatic carbocycles. The molecule has 0 amide bonds. The summed E-state index contributed by atoms with van der Waals surface area (Å²) in [6, 6.07) is 24.7. The van der Waals surface area contributed by atoms with E-state index < -0.39 is 0 Å². The van der Waals surface area contributed by atoms with Crippen molar-refractivity contribution in [1.29, 1.82) is 5.26 Å². The van der Waals surface area contributed by atoms with Gasteiger partial charge in [0, 0.05) is 15.4 Å². The van der Waals surface area contributed by atoms with Gasteiger partial charge in [-0.15, -0.1) is 11.3 Å². The molecule has 26 heavy (non-hydrogen) atoms. The predicted octanol–water partition coefficient (Wildman–Crippen LogP) is 6.79. The molecule has 0 saturated carbocycles. The number of benzene rings is 3. The van der Waals surface area contributed by atoms with Crippen molar-refractivity contribution >= 4 is 49.7 Å². The molecule has 0 aliphatic heterocycles. The van der Waals surface area contributed by atoms with E-state index >= 15 is 0 Å². The summed E-state index contributed by atoms with van der Waals surface area (Å²) in [6.07, 6.45) is 1.87. The van der Waals surface area contributed by atoms with E-state index in [1.54, 1.807) is 0 Å².